The molecule has 0 saturated heterocycles. The fourth-order valence-corrected chi connectivity index (χ4v) is 7.34. The van der Waals surface area contributed by atoms with Gasteiger partial charge in [0.2, 0.25) is 17.8 Å². The fourth-order valence-electron chi connectivity index (χ4n) is 7.34. The lowest BCUT2D eigenvalue weighted by atomic mass is 10.1. The van der Waals surface area contributed by atoms with E-state index < -0.39 is 17.7 Å². The number of hydrogen-bond acceptors (Lipinski definition) is 12. The van der Waals surface area contributed by atoms with E-state index in [1.54, 1.807) is 47.7 Å². The highest BCUT2D eigenvalue weighted by Gasteiger charge is 2.23. The third-order valence-corrected chi connectivity index (χ3v) is 10.1. The first-order chi connectivity index (χ1) is 30.0. The van der Waals surface area contributed by atoms with Crippen LogP contribution < -0.4 is 26.3 Å². The first-order valence-corrected chi connectivity index (χ1v) is 20.2. The molecule has 0 bridgehead atoms. The summed E-state index contributed by atoms with van der Waals surface area (Å²) in [7, 11) is 1.62. The molecule has 5 aromatic heterocycles. The second-order valence-corrected chi connectivity index (χ2v) is 14.4. The summed E-state index contributed by atoms with van der Waals surface area (Å²) in [5, 5.41) is 13.3. The van der Waals surface area contributed by atoms with Crippen molar-refractivity contribution in [3.05, 3.63) is 83.0 Å². The average molecular weight is 845 g/mol. The molecule has 19 heteroatoms. The zero-order valence-electron chi connectivity index (χ0n) is 35.2. The maximum atomic E-state index is 13.8. The van der Waals surface area contributed by atoms with E-state index in [4.69, 9.17) is 40.6 Å². The molecular formula is C43H48N12O7. The molecule has 2 aromatic carbocycles. The maximum Gasteiger partial charge on any atom is 0.276 e. The summed E-state index contributed by atoms with van der Waals surface area (Å²) in [6.07, 6.45) is 6.97. The van der Waals surface area contributed by atoms with Gasteiger partial charge in [-0.2, -0.15) is 10.2 Å². The van der Waals surface area contributed by atoms with Crippen molar-refractivity contribution in [2.45, 2.75) is 66.7 Å². The van der Waals surface area contributed by atoms with Gasteiger partial charge in [0, 0.05) is 80.8 Å². The number of carbonyl (C=O) groups excluding carboxylic acids is 4. The predicted molar refractivity (Wildman–Crippen MR) is 231 cm³/mol. The van der Waals surface area contributed by atoms with Gasteiger partial charge < -0.3 is 39.6 Å². The molecule has 7 aromatic rings. The quantitative estimate of drug-likeness (QED) is 0.0535. The Balaban J connectivity index is 1.35. The number of rotatable bonds is 20. The summed E-state index contributed by atoms with van der Waals surface area (Å²) >= 11 is 0. The highest BCUT2D eigenvalue weighted by Crippen LogP contribution is 2.37. The number of hydrogen-bond donors (Lipinski definition) is 3. The molecule has 0 aliphatic rings. The summed E-state index contributed by atoms with van der Waals surface area (Å²) in [5.74, 6) is -0.440. The Bertz CT molecular complexity index is 2870. The van der Waals surface area contributed by atoms with Gasteiger partial charge in [0.05, 0.1) is 35.6 Å². The number of benzene rings is 2. The number of aldehydes is 1. The van der Waals surface area contributed by atoms with E-state index in [0.29, 0.717) is 88.7 Å². The standard InChI is InChI=1S/C43H48N12O7/c1-6-54-32(18-25(3)50-54)40-46-24-30-29-20-27(38(44)57)22-34(62-17-11-15-60-5)36(29)52(41(30)48-40)12-8-9-13-53-37-31(21-28(39(45)58)23-35(37)61-16-10-14-56)47-43(53)49-42(59)33-19-26(4)51-55(33)7-2/h8-9,14,18-24H,6-7,10-13,15-17H2,1-5H3,(H2,44,57)(H2,45,58)(H,47,49,59)/b9-8+. The van der Waals surface area contributed by atoms with Crippen molar-refractivity contribution in [3.8, 4) is 23.0 Å². The molecule has 3 amide bonds. The van der Waals surface area contributed by atoms with E-state index >= 15 is 0 Å². The van der Waals surface area contributed by atoms with E-state index in [1.165, 1.54) is 12.1 Å². The van der Waals surface area contributed by atoms with Crippen molar-refractivity contribution >= 4 is 62.9 Å². The zero-order chi connectivity index (χ0) is 44.1. The van der Waals surface area contributed by atoms with E-state index in [2.05, 4.69) is 15.5 Å². The molecular weight excluding hydrogens is 797 g/mol. The number of anilines is 1. The second kappa shape index (κ2) is 18.5. The minimum Gasteiger partial charge on any atom is -0.491 e. The number of methoxy groups -OCH3 is 1. The monoisotopic (exact) mass is 844 g/mol. The minimum absolute atomic E-state index is 0.0298. The Morgan fingerprint density at radius 1 is 0.774 bits per heavy atom. The van der Waals surface area contributed by atoms with Crippen LogP contribution in [-0.4, -0.2) is 94.6 Å². The summed E-state index contributed by atoms with van der Waals surface area (Å²) in [4.78, 5) is 64.6. The van der Waals surface area contributed by atoms with Crippen LogP contribution in [0.2, 0.25) is 0 Å². The number of primary amides is 2. The molecule has 19 nitrogen and oxygen atoms in total. The Kier molecular flexibility index (Phi) is 12.7. The van der Waals surface area contributed by atoms with Gasteiger partial charge >= 0.3 is 0 Å². The molecule has 0 spiro atoms. The highest BCUT2D eigenvalue weighted by atomic mass is 16.5. The molecule has 5 N–H and O–H groups in total. The summed E-state index contributed by atoms with van der Waals surface area (Å²) in [5.41, 5.74) is 16.5. The molecule has 0 atom stereocenters. The molecule has 0 saturated carbocycles. The summed E-state index contributed by atoms with van der Waals surface area (Å²) in [6, 6.07) is 9.98. The lowest BCUT2D eigenvalue weighted by Crippen LogP contribution is -2.20. The molecule has 322 valence electrons. The Morgan fingerprint density at radius 2 is 1.44 bits per heavy atom. The molecule has 5 heterocycles. The van der Waals surface area contributed by atoms with Crippen LogP contribution >= 0.6 is 0 Å². The Labute approximate surface area is 355 Å². The van der Waals surface area contributed by atoms with E-state index in [1.807, 2.05) is 48.2 Å². The van der Waals surface area contributed by atoms with Gasteiger partial charge in [-0.05, 0) is 64.1 Å². The van der Waals surface area contributed by atoms with Crippen LogP contribution in [0.3, 0.4) is 0 Å². The number of amides is 3. The van der Waals surface area contributed by atoms with Gasteiger partial charge in [0.1, 0.15) is 40.3 Å². The number of imidazole rings is 1. The summed E-state index contributed by atoms with van der Waals surface area (Å²) in [6.45, 7) is 9.91. The number of fused-ring (bicyclic) bond motifs is 4. The molecule has 0 aliphatic heterocycles. The van der Waals surface area contributed by atoms with Gasteiger partial charge in [-0.25, -0.2) is 15.0 Å². The Hall–Kier alpha value is -7.41. The first kappa shape index (κ1) is 42.7. The number of aromatic nitrogens is 9. The molecule has 62 heavy (non-hydrogen) atoms. The van der Waals surface area contributed by atoms with Crippen LogP contribution in [-0.2, 0) is 35.7 Å². The summed E-state index contributed by atoms with van der Waals surface area (Å²) < 4.78 is 24.7. The van der Waals surface area contributed by atoms with Crippen molar-refractivity contribution < 1.29 is 33.4 Å². The number of ether oxygens (including phenoxy) is 3. The first-order valence-electron chi connectivity index (χ1n) is 20.2. The van der Waals surface area contributed by atoms with Crippen molar-refractivity contribution in [2.75, 3.05) is 32.2 Å². The minimum atomic E-state index is -0.702. The van der Waals surface area contributed by atoms with Gasteiger partial charge in [0.15, 0.2) is 5.82 Å². The predicted octanol–water partition coefficient (Wildman–Crippen LogP) is 4.74. The number of nitrogens with one attached hydrogen (secondary N) is 1. The lowest BCUT2D eigenvalue weighted by molar-refractivity contribution is -0.108. The maximum absolute atomic E-state index is 13.8. The van der Waals surface area contributed by atoms with Crippen LogP contribution in [0.4, 0.5) is 5.95 Å². The smallest absolute Gasteiger partial charge is 0.276 e. The normalized spacial score (nSPS) is 11.6. The molecule has 0 unspecified atom stereocenters. The van der Waals surface area contributed by atoms with Gasteiger partial charge in [-0.3, -0.25) is 29.1 Å². The number of aryl methyl sites for hydroxylation is 4. The van der Waals surface area contributed by atoms with Crippen LogP contribution in [0.1, 0.15) is 69.3 Å². The third-order valence-electron chi connectivity index (χ3n) is 10.1. The number of nitrogens with zero attached hydrogens (tertiary/aromatic N) is 9. The number of nitrogens with two attached hydrogens (primary N) is 2. The molecule has 0 fully saturated rings. The molecule has 0 radical (unpaired) electrons. The van der Waals surface area contributed by atoms with Gasteiger partial charge in [0.25, 0.3) is 5.91 Å². The Morgan fingerprint density at radius 3 is 2.13 bits per heavy atom. The van der Waals surface area contributed by atoms with Crippen LogP contribution in [0, 0.1) is 13.8 Å². The van der Waals surface area contributed by atoms with Crippen LogP contribution in [0.25, 0.3) is 44.5 Å². The second-order valence-electron chi connectivity index (χ2n) is 14.4. The SMILES string of the molecule is CCn1nc(C)cc1C(=O)Nc1nc2cc(C(N)=O)cc(OCCC=O)c2n1C/C=C/Cn1c2nc(-c3cc(C)nn3CC)ncc2c2cc(C(N)=O)cc(OCCCOC)c21. The molecule has 7 rings (SSSR count). The fraction of sp³-hybridized carbons (Fsp3) is 0.326. The average Bonchev–Trinajstić information content (AvgIpc) is 4.01. The van der Waals surface area contributed by atoms with Crippen molar-refractivity contribution in [1.82, 2.24) is 43.6 Å². The van der Waals surface area contributed by atoms with Crippen LogP contribution in [0.5, 0.6) is 11.5 Å². The lowest BCUT2D eigenvalue weighted by Gasteiger charge is -2.13. The van der Waals surface area contributed by atoms with Crippen LogP contribution in [0.15, 0.2) is 54.7 Å². The largest absolute Gasteiger partial charge is 0.491 e. The third kappa shape index (κ3) is 8.60. The van der Waals surface area contributed by atoms with Crippen molar-refractivity contribution in [2.24, 2.45) is 11.5 Å². The highest BCUT2D eigenvalue weighted by molar-refractivity contribution is 6.12. The van der Waals surface area contributed by atoms with E-state index in [9.17, 15) is 19.2 Å². The van der Waals surface area contributed by atoms with Gasteiger partial charge in [-0.15, -0.1) is 0 Å². The van der Waals surface area contributed by atoms with Gasteiger partial charge in [-0.1, -0.05) is 12.2 Å². The van der Waals surface area contributed by atoms with Crippen molar-refractivity contribution in [3.63, 3.8) is 0 Å². The zero-order valence-corrected chi connectivity index (χ0v) is 35.2. The van der Waals surface area contributed by atoms with E-state index in [-0.39, 0.29) is 48.9 Å². The number of allylic oxidation sites excluding steroid dienone is 2. The van der Waals surface area contributed by atoms with Crippen molar-refractivity contribution in [1.29, 1.82) is 0 Å². The molecule has 0 aliphatic carbocycles. The topological polar surface area (TPSA) is 244 Å². The van der Waals surface area contributed by atoms with E-state index in [0.717, 1.165) is 17.7 Å². The number of carbonyl (C=O) groups is 4.